The van der Waals surface area contributed by atoms with Crippen molar-refractivity contribution in [1.29, 1.82) is 0 Å². The average Bonchev–Trinajstić information content (AvgIpc) is 2.41. The largest absolute Gasteiger partial charge is 0.391 e. The van der Waals surface area contributed by atoms with Crippen molar-refractivity contribution < 1.29 is 22.3 Å². The molecular formula is C13H19F2NO3S. The van der Waals surface area contributed by atoms with Crippen LogP contribution in [0.25, 0.3) is 0 Å². The Bertz CT molecular complexity index is 545. The normalized spacial score (nSPS) is 13.7. The van der Waals surface area contributed by atoms with Crippen LogP contribution in [0.2, 0.25) is 0 Å². The number of hydrogen-bond acceptors (Lipinski definition) is 3. The number of halogens is 2. The van der Waals surface area contributed by atoms with Crippen molar-refractivity contribution in [2.75, 3.05) is 6.54 Å². The van der Waals surface area contributed by atoms with E-state index in [9.17, 15) is 22.3 Å². The van der Waals surface area contributed by atoms with Crippen LogP contribution in [0.5, 0.6) is 0 Å². The van der Waals surface area contributed by atoms with E-state index in [0.29, 0.717) is 12.8 Å². The number of rotatable bonds is 7. The van der Waals surface area contributed by atoms with Gasteiger partial charge < -0.3 is 5.11 Å². The average molecular weight is 307 g/mol. The van der Waals surface area contributed by atoms with Crippen molar-refractivity contribution in [3.8, 4) is 0 Å². The zero-order valence-corrected chi connectivity index (χ0v) is 12.3. The van der Waals surface area contributed by atoms with Gasteiger partial charge in [0.05, 0.1) is 6.10 Å². The molecule has 0 fully saturated rings. The lowest BCUT2D eigenvalue weighted by atomic mass is 9.97. The Kier molecular flexibility index (Phi) is 6.04. The van der Waals surface area contributed by atoms with E-state index in [1.54, 1.807) is 0 Å². The van der Waals surface area contributed by atoms with Crippen LogP contribution in [-0.2, 0) is 10.0 Å². The van der Waals surface area contributed by atoms with Crippen LogP contribution in [-0.4, -0.2) is 26.2 Å². The second-order valence-corrected chi connectivity index (χ2v) is 6.28. The minimum absolute atomic E-state index is 0.0462. The maximum absolute atomic E-state index is 13.5. The molecule has 0 spiro atoms. The lowest BCUT2D eigenvalue weighted by Gasteiger charge is -2.20. The lowest BCUT2D eigenvalue weighted by molar-refractivity contribution is 0.107. The quantitative estimate of drug-likeness (QED) is 0.810. The van der Waals surface area contributed by atoms with E-state index in [-0.39, 0.29) is 12.5 Å². The van der Waals surface area contributed by atoms with E-state index in [0.717, 1.165) is 18.2 Å². The molecular weight excluding hydrogens is 288 g/mol. The fourth-order valence-corrected chi connectivity index (χ4v) is 3.10. The highest BCUT2D eigenvalue weighted by Gasteiger charge is 2.23. The summed E-state index contributed by atoms with van der Waals surface area (Å²) < 4.78 is 52.4. The molecule has 4 nitrogen and oxygen atoms in total. The third-order valence-corrected chi connectivity index (χ3v) is 4.72. The van der Waals surface area contributed by atoms with Gasteiger partial charge in [-0.25, -0.2) is 21.9 Å². The van der Waals surface area contributed by atoms with Crippen molar-refractivity contribution in [1.82, 2.24) is 4.72 Å². The van der Waals surface area contributed by atoms with Gasteiger partial charge in [-0.05, 0) is 18.1 Å². The molecule has 1 rings (SSSR count). The zero-order chi connectivity index (χ0) is 15.3. The van der Waals surface area contributed by atoms with Gasteiger partial charge >= 0.3 is 0 Å². The summed E-state index contributed by atoms with van der Waals surface area (Å²) >= 11 is 0. The lowest BCUT2D eigenvalue weighted by Crippen LogP contribution is -2.36. The van der Waals surface area contributed by atoms with Crippen molar-refractivity contribution in [3.63, 3.8) is 0 Å². The molecule has 2 N–H and O–H groups in total. The predicted molar refractivity (Wildman–Crippen MR) is 71.6 cm³/mol. The van der Waals surface area contributed by atoms with Crippen molar-refractivity contribution in [2.45, 2.75) is 37.7 Å². The molecule has 0 saturated heterocycles. The van der Waals surface area contributed by atoms with E-state index in [1.807, 2.05) is 13.8 Å². The van der Waals surface area contributed by atoms with Crippen LogP contribution in [0.4, 0.5) is 8.78 Å². The Hall–Kier alpha value is -1.05. The van der Waals surface area contributed by atoms with E-state index < -0.39 is 32.7 Å². The molecule has 0 aliphatic heterocycles. The summed E-state index contributed by atoms with van der Waals surface area (Å²) in [6, 6.07) is 2.93. The third kappa shape index (κ3) is 3.97. The fourth-order valence-electron chi connectivity index (χ4n) is 1.96. The second-order valence-electron chi connectivity index (χ2n) is 4.55. The number of hydrogen-bond donors (Lipinski definition) is 2. The first kappa shape index (κ1) is 17.0. The molecule has 0 amide bonds. The minimum Gasteiger partial charge on any atom is -0.391 e. The molecule has 1 aromatic carbocycles. The number of aliphatic hydroxyl groups is 1. The molecule has 0 saturated carbocycles. The predicted octanol–water partition coefficient (Wildman–Crippen LogP) is 2.04. The molecule has 1 aromatic rings. The molecule has 114 valence electrons. The summed E-state index contributed by atoms with van der Waals surface area (Å²) in [5, 5.41) is 9.85. The van der Waals surface area contributed by atoms with Gasteiger partial charge in [-0.15, -0.1) is 0 Å². The summed E-state index contributed by atoms with van der Waals surface area (Å²) in [4.78, 5) is -0.755. The molecule has 7 heteroatoms. The van der Waals surface area contributed by atoms with Gasteiger partial charge in [-0.2, -0.15) is 0 Å². The maximum Gasteiger partial charge on any atom is 0.243 e. The van der Waals surface area contributed by atoms with Gasteiger partial charge in [-0.1, -0.05) is 32.8 Å². The third-order valence-electron chi connectivity index (χ3n) is 3.28. The molecule has 0 bridgehead atoms. The monoisotopic (exact) mass is 307 g/mol. The molecule has 0 heterocycles. The SMILES string of the molecule is CCC(CC)C(O)CNS(=O)(=O)c1cccc(F)c1F. The van der Waals surface area contributed by atoms with Crippen molar-refractivity contribution in [3.05, 3.63) is 29.8 Å². The van der Waals surface area contributed by atoms with Gasteiger partial charge in [-0.3, -0.25) is 0 Å². The molecule has 0 aromatic heterocycles. The Morgan fingerprint density at radius 2 is 1.85 bits per heavy atom. The Morgan fingerprint density at radius 1 is 1.25 bits per heavy atom. The van der Waals surface area contributed by atoms with Gasteiger partial charge in [0.1, 0.15) is 4.90 Å². The van der Waals surface area contributed by atoms with E-state index in [2.05, 4.69) is 4.72 Å². The minimum atomic E-state index is -4.18. The first-order valence-corrected chi connectivity index (χ1v) is 7.93. The summed E-state index contributed by atoms with van der Waals surface area (Å²) in [6.45, 7) is 3.54. The van der Waals surface area contributed by atoms with E-state index in [1.165, 1.54) is 0 Å². The number of sulfonamides is 1. The summed E-state index contributed by atoms with van der Waals surface area (Å²) in [7, 11) is -4.18. The molecule has 20 heavy (non-hydrogen) atoms. The topological polar surface area (TPSA) is 66.4 Å². The van der Waals surface area contributed by atoms with Gasteiger partial charge in [0, 0.05) is 6.54 Å². The Morgan fingerprint density at radius 3 is 2.40 bits per heavy atom. The number of nitrogens with one attached hydrogen (secondary N) is 1. The molecule has 1 unspecified atom stereocenters. The first-order valence-electron chi connectivity index (χ1n) is 6.45. The standard InChI is InChI=1S/C13H19F2NO3S/c1-3-9(4-2)11(17)8-16-20(18,19)12-7-5-6-10(14)13(12)15/h5-7,9,11,16-17H,3-4,8H2,1-2H3. The molecule has 0 aliphatic carbocycles. The first-order chi connectivity index (χ1) is 9.33. The Labute approximate surface area is 117 Å². The molecule has 0 radical (unpaired) electrons. The summed E-state index contributed by atoms with van der Waals surface area (Å²) in [5.74, 6) is -2.69. The van der Waals surface area contributed by atoms with Crippen LogP contribution in [0.1, 0.15) is 26.7 Å². The van der Waals surface area contributed by atoms with E-state index in [4.69, 9.17) is 0 Å². The van der Waals surface area contributed by atoms with Crippen molar-refractivity contribution >= 4 is 10.0 Å². The summed E-state index contributed by atoms with van der Waals surface area (Å²) in [5.41, 5.74) is 0. The van der Waals surface area contributed by atoms with Crippen LogP contribution in [0, 0.1) is 17.6 Å². The van der Waals surface area contributed by atoms with E-state index >= 15 is 0 Å². The maximum atomic E-state index is 13.5. The van der Waals surface area contributed by atoms with Crippen LogP contribution >= 0.6 is 0 Å². The van der Waals surface area contributed by atoms with Crippen LogP contribution in [0.3, 0.4) is 0 Å². The molecule has 1 atom stereocenters. The van der Waals surface area contributed by atoms with Gasteiger partial charge in [0.25, 0.3) is 0 Å². The zero-order valence-electron chi connectivity index (χ0n) is 11.4. The van der Waals surface area contributed by atoms with Gasteiger partial charge in [0.15, 0.2) is 11.6 Å². The highest BCUT2D eigenvalue weighted by Crippen LogP contribution is 2.17. The summed E-state index contributed by atoms with van der Waals surface area (Å²) in [6.07, 6.45) is 0.540. The highest BCUT2D eigenvalue weighted by molar-refractivity contribution is 7.89. The molecule has 0 aliphatic rings. The highest BCUT2D eigenvalue weighted by atomic mass is 32.2. The fraction of sp³-hybridized carbons (Fsp3) is 0.538. The second kappa shape index (κ2) is 7.10. The van der Waals surface area contributed by atoms with Crippen LogP contribution in [0.15, 0.2) is 23.1 Å². The smallest absolute Gasteiger partial charge is 0.243 e. The van der Waals surface area contributed by atoms with Crippen molar-refractivity contribution in [2.24, 2.45) is 5.92 Å². The number of aliphatic hydroxyl groups excluding tert-OH is 1. The van der Waals surface area contributed by atoms with Crippen LogP contribution < -0.4 is 4.72 Å². The van der Waals surface area contributed by atoms with Gasteiger partial charge in [0.2, 0.25) is 10.0 Å². The Balaban J connectivity index is 2.83. The number of benzene rings is 1.